The van der Waals surface area contributed by atoms with Gasteiger partial charge in [0.1, 0.15) is 0 Å². The molecule has 0 saturated heterocycles. The topological polar surface area (TPSA) is 20.3 Å². The minimum absolute atomic E-state index is 0.0820. The lowest BCUT2D eigenvalue weighted by atomic mass is 10.1. The highest BCUT2D eigenvalue weighted by Crippen LogP contribution is 2.05. The van der Waals surface area contributed by atoms with Gasteiger partial charge in [0.25, 0.3) is 0 Å². The third kappa shape index (κ3) is 7.84. The number of nitrogens with zero attached hydrogens (tertiary/aromatic N) is 1. The van der Waals surface area contributed by atoms with Crippen LogP contribution in [0.1, 0.15) is 45.4 Å². The molecule has 0 saturated carbocycles. The summed E-state index contributed by atoms with van der Waals surface area (Å²) >= 11 is 0. The summed E-state index contributed by atoms with van der Waals surface area (Å²) in [5.41, 5.74) is 0. The summed E-state index contributed by atoms with van der Waals surface area (Å²) in [6, 6.07) is 0. The minimum atomic E-state index is 0.0820. The molecular weight excluding hydrogens is 174 g/mol. The van der Waals surface area contributed by atoms with Gasteiger partial charge in [-0.3, -0.25) is 4.79 Å². The van der Waals surface area contributed by atoms with Crippen molar-refractivity contribution >= 4 is 5.91 Å². The molecule has 2 heteroatoms. The second-order valence-electron chi connectivity index (χ2n) is 3.84. The summed E-state index contributed by atoms with van der Waals surface area (Å²) in [5.74, 6) is 0.0820. The van der Waals surface area contributed by atoms with Crippen molar-refractivity contribution in [2.24, 2.45) is 0 Å². The van der Waals surface area contributed by atoms with Gasteiger partial charge >= 0.3 is 0 Å². The lowest BCUT2D eigenvalue weighted by molar-refractivity contribution is -0.123. The third-order valence-corrected chi connectivity index (χ3v) is 2.18. The van der Waals surface area contributed by atoms with Crippen molar-refractivity contribution in [1.29, 1.82) is 0 Å². The molecule has 82 valence electrons. The molecule has 0 rings (SSSR count). The Morgan fingerprint density at radius 3 is 2.36 bits per heavy atom. The number of likely N-dealkylation sites (N-methyl/N-ethyl adjacent to an activating group) is 1. The predicted octanol–water partition coefficient (Wildman–Crippen LogP) is 2.99. The predicted molar refractivity (Wildman–Crippen MR) is 61.2 cm³/mol. The maximum absolute atomic E-state index is 11.1. The quantitative estimate of drug-likeness (QED) is 0.454. The van der Waals surface area contributed by atoms with Crippen molar-refractivity contribution in [1.82, 2.24) is 4.90 Å². The van der Waals surface area contributed by atoms with E-state index >= 15 is 0 Å². The number of carbonyl (C=O) groups excluding carboxylic acids is 1. The van der Waals surface area contributed by atoms with Crippen molar-refractivity contribution in [2.45, 2.75) is 45.4 Å². The number of carbonyl (C=O) groups is 1. The van der Waals surface area contributed by atoms with E-state index in [2.05, 4.69) is 6.92 Å². The van der Waals surface area contributed by atoms with Crippen LogP contribution in [-0.2, 0) is 4.79 Å². The van der Waals surface area contributed by atoms with Crippen LogP contribution in [0.15, 0.2) is 12.2 Å². The van der Waals surface area contributed by atoms with E-state index in [-0.39, 0.29) is 5.91 Å². The zero-order chi connectivity index (χ0) is 10.8. The van der Waals surface area contributed by atoms with Crippen LogP contribution >= 0.6 is 0 Å². The molecule has 0 bridgehead atoms. The lowest BCUT2D eigenvalue weighted by Crippen LogP contribution is -2.18. The van der Waals surface area contributed by atoms with E-state index < -0.39 is 0 Å². The number of unbranched alkanes of at least 4 members (excludes halogenated alkanes) is 5. The van der Waals surface area contributed by atoms with E-state index in [4.69, 9.17) is 0 Å². The van der Waals surface area contributed by atoms with Crippen molar-refractivity contribution < 1.29 is 4.79 Å². The van der Waals surface area contributed by atoms with Gasteiger partial charge in [0.05, 0.1) is 0 Å². The van der Waals surface area contributed by atoms with Gasteiger partial charge in [0.2, 0.25) is 5.91 Å². The fourth-order valence-corrected chi connectivity index (χ4v) is 1.20. The first-order chi connectivity index (χ1) is 6.68. The van der Waals surface area contributed by atoms with Crippen LogP contribution in [0.5, 0.6) is 0 Å². The molecule has 14 heavy (non-hydrogen) atoms. The number of amides is 1. The molecule has 0 aromatic rings. The van der Waals surface area contributed by atoms with Gasteiger partial charge in [-0.2, -0.15) is 0 Å². The summed E-state index contributed by atoms with van der Waals surface area (Å²) in [4.78, 5) is 12.7. The van der Waals surface area contributed by atoms with Gasteiger partial charge in [-0.25, -0.2) is 0 Å². The molecule has 0 unspecified atom stereocenters. The van der Waals surface area contributed by atoms with E-state index in [1.807, 2.05) is 6.08 Å². The molecule has 0 aromatic heterocycles. The molecule has 0 spiro atoms. The number of hydrogen-bond acceptors (Lipinski definition) is 1. The fourth-order valence-electron chi connectivity index (χ4n) is 1.20. The Labute approximate surface area is 88.0 Å². The second kappa shape index (κ2) is 8.79. The second-order valence-corrected chi connectivity index (χ2v) is 3.84. The zero-order valence-electron chi connectivity index (χ0n) is 9.75. The summed E-state index contributed by atoms with van der Waals surface area (Å²) < 4.78 is 0. The molecule has 1 amide bonds. The molecule has 0 atom stereocenters. The van der Waals surface area contributed by atoms with Gasteiger partial charge < -0.3 is 4.90 Å². The Bertz CT molecular complexity index is 173. The maximum atomic E-state index is 11.1. The van der Waals surface area contributed by atoms with E-state index in [0.29, 0.717) is 0 Å². The molecule has 0 N–H and O–H groups in total. The Hall–Kier alpha value is -0.790. The highest BCUT2D eigenvalue weighted by Gasteiger charge is 1.95. The van der Waals surface area contributed by atoms with Crippen molar-refractivity contribution in [2.75, 3.05) is 14.1 Å². The Kier molecular flexibility index (Phi) is 8.30. The first-order valence-electron chi connectivity index (χ1n) is 5.56. The third-order valence-electron chi connectivity index (χ3n) is 2.18. The van der Waals surface area contributed by atoms with Crippen LogP contribution in [0.25, 0.3) is 0 Å². The van der Waals surface area contributed by atoms with Gasteiger partial charge in [0, 0.05) is 14.1 Å². The highest BCUT2D eigenvalue weighted by atomic mass is 16.2. The van der Waals surface area contributed by atoms with Gasteiger partial charge in [0.15, 0.2) is 0 Å². The first kappa shape index (κ1) is 13.2. The molecule has 0 radical (unpaired) electrons. The zero-order valence-corrected chi connectivity index (χ0v) is 9.75. The number of hydrogen-bond donors (Lipinski definition) is 0. The van der Waals surface area contributed by atoms with Crippen LogP contribution in [0.4, 0.5) is 0 Å². The molecule has 0 aromatic carbocycles. The van der Waals surface area contributed by atoms with E-state index in [0.717, 1.165) is 6.42 Å². The molecule has 0 aliphatic heterocycles. The monoisotopic (exact) mass is 197 g/mol. The fraction of sp³-hybridized carbons (Fsp3) is 0.750. The maximum Gasteiger partial charge on any atom is 0.245 e. The van der Waals surface area contributed by atoms with Crippen LogP contribution in [0, 0.1) is 0 Å². The molecule has 0 aliphatic carbocycles. The standard InChI is InChI=1S/C12H23NO/c1-4-5-6-7-8-9-10-11-12(14)13(2)3/h10-11H,4-9H2,1-3H3/b11-10+. The molecular formula is C12H23NO. The van der Waals surface area contributed by atoms with Gasteiger partial charge in [-0.15, -0.1) is 0 Å². The lowest BCUT2D eigenvalue weighted by Gasteiger charge is -2.04. The molecule has 0 heterocycles. The van der Waals surface area contributed by atoms with Gasteiger partial charge in [-0.1, -0.05) is 38.7 Å². The van der Waals surface area contributed by atoms with Crippen molar-refractivity contribution in [3.05, 3.63) is 12.2 Å². The van der Waals surface area contributed by atoms with Crippen LogP contribution in [0.3, 0.4) is 0 Å². The number of allylic oxidation sites excluding steroid dienone is 1. The van der Waals surface area contributed by atoms with E-state index in [1.165, 1.54) is 32.1 Å². The Balaban J connectivity index is 3.31. The summed E-state index contributed by atoms with van der Waals surface area (Å²) in [6.45, 7) is 2.22. The number of rotatable bonds is 7. The smallest absolute Gasteiger partial charge is 0.245 e. The summed E-state index contributed by atoms with van der Waals surface area (Å²) in [6.07, 6.45) is 11.1. The van der Waals surface area contributed by atoms with Gasteiger partial charge in [-0.05, 0) is 18.9 Å². The molecule has 0 aliphatic rings. The average Bonchev–Trinajstić information content (AvgIpc) is 2.16. The largest absolute Gasteiger partial charge is 0.345 e. The van der Waals surface area contributed by atoms with E-state index in [9.17, 15) is 4.79 Å². The first-order valence-corrected chi connectivity index (χ1v) is 5.56. The molecule has 2 nitrogen and oxygen atoms in total. The van der Waals surface area contributed by atoms with Crippen molar-refractivity contribution in [3.8, 4) is 0 Å². The van der Waals surface area contributed by atoms with Crippen LogP contribution in [-0.4, -0.2) is 24.9 Å². The minimum Gasteiger partial charge on any atom is -0.345 e. The van der Waals surface area contributed by atoms with Crippen molar-refractivity contribution in [3.63, 3.8) is 0 Å². The Morgan fingerprint density at radius 2 is 1.79 bits per heavy atom. The summed E-state index contributed by atoms with van der Waals surface area (Å²) in [7, 11) is 3.54. The van der Waals surface area contributed by atoms with Crippen LogP contribution < -0.4 is 0 Å². The molecule has 0 fully saturated rings. The SMILES string of the molecule is CCCCCCC/C=C/C(=O)N(C)C. The average molecular weight is 197 g/mol. The normalized spacial score (nSPS) is 10.8. The van der Waals surface area contributed by atoms with E-state index in [1.54, 1.807) is 25.1 Å². The van der Waals surface area contributed by atoms with Crippen LogP contribution in [0.2, 0.25) is 0 Å². The summed E-state index contributed by atoms with van der Waals surface area (Å²) in [5, 5.41) is 0. The Morgan fingerprint density at radius 1 is 1.14 bits per heavy atom. The highest BCUT2D eigenvalue weighted by molar-refractivity contribution is 5.86.